The standard InChI is InChI=1S/C34H29N2S/c1-20-19-28(23(4)22(3)21(20)2)32-34-27(17-18-35(32)5)26-13-10-16-31(33(26)37-34)36-29-14-8-6-11-24(29)25-12-7-9-15-30(25)36/h6-19H,1-5H3/q+1. The topological polar surface area (TPSA) is 8.81 Å². The van der Waals surface area contributed by atoms with Crippen molar-refractivity contribution in [3.8, 4) is 16.9 Å². The van der Waals surface area contributed by atoms with Crippen LogP contribution in [0.15, 0.2) is 85.1 Å². The fourth-order valence-electron chi connectivity index (χ4n) is 6.01. The highest BCUT2D eigenvalue weighted by molar-refractivity contribution is 7.26. The molecule has 2 nitrogen and oxygen atoms in total. The molecule has 3 aromatic heterocycles. The first-order valence-electron chi connectivity index (χ1n) is 12.9. The van der Waals surface area contributed by atoms with Crippen LogP contribution in [0.25, 0.3) is 58.9 Å². The van der Waals surface area contributed by atoms with Crippen molar-refractivity contribution in [1.82, 2.24) is 4.57 Å². The zero-order valence-electron chi connectivity index (χ0n) is 21.9. The van der Waals surface area contributed by atoms with Crippen molar-refractivity contribution in [3.63, 3.8) is 0 Å². The van der Waals surface area contributed by atoms with Gasteiger partial charge in [0.25, 0.3) is 0 Å². The number of fused-ring (bicyclic) bond motifs is 6. The predicted molar refractivity (Wildman–Crippen MR) is 159 cm³/mol. The summed E-state index contributed by atoms with van der Waals surface area (Å²) >= 11 is 1.92. The Hall–Kier alpha value is -3.95. The highest BCUT2D eigenvalue weighted by Crippen LogP contribution is 2.43. The molecule has 0 aliphatic carbocycles. The van der Waals surface area contributed by atoms with Gasteiger partial charge < -0.3 is 4.57 Å². The average Bonchev–Trinajstić information content (AvgIpc) is 3.46. The van der Waals surface area contributed by atoms with Gasteiger partial charge in [0.2, 0.25) is 5.69 Å². The number of aromatic nitrogens is 2. The van der Waals surface area contributed by atoms with Gasteiger partial charge in [-0.15, -0.1) is 11.3 Å². The number of pyridine rings is 1. The molecule has 0 bridgehead atoms. The van der Waals surface area contributed by atoms with Gasteiger partial charge in [-0.3, -0.25) is 0 Å². The minimum absolute atomic E-state index is 1.25. The van der Waals surface area contributed by atoms with Crippen LogP contribution in [0.1, 0.15) is 22.3 Å². The Morgan fingerprint density at radius 2 is 1.24 bits per heavy atom. The Morgan fingerprint density at radius 3 is 1.95 bits per heavy atom. The molecule has 0 saturated carbocycles. The van der Waals surface area contributed by atoms with Gasteiger partial charge in [-0.2, -0.15) is 4.57 Å². The fourth-order valence-corrected chi connectivity index (χ4v) is 7.41. The largest absolute Gasteiger partial charge is 0.308 e. The summed E-state index contributed by atoms with van der Waals surface area (Å²) in [6, 6.07) is 29.0. The van der Waals surface area contributed by atoms with Gasteiger partial charge in [-0.1, -0.05) is 48.5 Å². The van der Waals surface area contributed by atoms with Gasteiger partial charge >= 0.3 is 0 Å². The van der Waals surface area contributed by atoms with Crippen LogP contribution in [0, 0.1) is 27.7 Å². The summed E-state index contributed by atoms with van der Waals surface area (Å²) in [7, 11) is 2.18. The van der Waals surface area contributed by atoms with E-state index < -0.39 is 0 Å². The third kappa shape index (κ3) is 3.07. The highest BCUT2D eigenvalue weighted by Gasteiger charge is 2.24. The second-order valence-electron chi connectivity index (χ2n) is 10.3. The van der Waals surface area contributed by atoms with E-state index in [1.807, 2.05) is 11.3 Å². The second-order valence-corrected chi connectivity index (χ2v) is 11.3. The quantitative estimate of drug-likeness (QED) is 0.211. The lowest BCUT2D eigenvalue weighted by Crippen LogP contribution is -2.30. The van der Waals surface area contributed by atoms with Gasteiger partial charge in [-0.05, 0) is 74.2 Å². The predicted octanol–water partition coefficient (Wildman–Crippen LogP) is 8.88. The van der Waals surface area contributed by atoms with Crippen LogP contribution < -0.4 is 4.57 Å². The van der Waals surface area contributed by atoms with Crippen LogP contribution in [0.2, 0.25) is 0 Å². The SMILES string of the molecule is Cc1cc(-c2c3sc4c(-n5c6ccccc6c6ccccc65)cccc4c3cc[n+]2C)c(C)c(C)c1C. The van der Waals surface area contributed by atoms with Crippen molar-refractivity contribution in [2.75, 3.05) is 0 Å². The lowest BCUT2D eigenvalue weighted by atomic mass is 9.92. The average molecular weight is 498 g/mol. The van der Waals surface area contributed by atoms with Crippen LogP contribution in [0.3, 0.4) is 0 Å². The van der Waals surface area contributed by atoms with E-state index in [2.05, 4.69) is 129 Å². The van der Waals surface area contributed by atoms with Crippen LogP contribution in [0.5, 0.6) is 0 Å². The van der Waals surface area contributed by atoms with E-state index >= 15 is 0 Å². The molecular weight excluding hydrogens is 468 g/mol. The molecular formula is C34H29N2S+. The van der Waals surface area contributed by atoms with Crippen molar-refractivity contribution in [1.29, 1.82) is 0 Å². The van der Waals surface area contributed by atoms with E-state index in [1.54, 1.807) is 0 Å². The molecule has 180 valence electrons. The lowest BCUT2D eigenvalue weighted by Gasteiger charge is -2.13. The number of benzene rings is 4. The number of para-hydroxylation sites is 2. The summed E-state index contributed by atoms with van der Waals surface area (Å²) in [5.41, 5.74) is 11.9. The molecule has 7 aromatic rings. The number of thiophene rings is 1. The molecule has 0 aliphatic rings. The van der Waals surface area contributed by atoms with Crippen molar-refractivity contribution in [3.05, 3.63) is 107 Å². The molecule has 4 aromatic carbocycles. The Kier molecular flexibility index (Phi) is 4.83. The molecule has 0 fully saturated rings. The normalized spacial score (nSPS) is 11.9. The summed E-state index contributed by atoms with van der Waals surface area (Å²) < 4.78 is 7.43. The molecule has 0 amide bonds. The number of aryl methyl sites for hydroxylation is 2. The Bertz CT molecular complexity index is 1980. The molecule has 7 rings (SSSR count). The maximum Gasteiger partial charge on any atom is 0.230 e. The summed E-state index contributed by atoms with van der Waals surface area (Å²) in [6.45, 7) is 9.00. The second kappa shape index (κ2) is 8.03. The fraction of sp³-hybridized carbons (Fsp3) is 0.147. The molecule has 37 heavy (non-hydrogen) atoms. The van der Waals surface area contributed by atoms with E-state index in [0.717, 1.165) is 0 Å². The third-order valence-electron chi connectivity index (χ3n) is 8.32. The van der Waals surface area contributed by atoms with Gasteiger partial charge in [0.15, 0.2) is 6.20 Å². The zero-order valence-corrected chi connectivity index (χ0v) is 22.7. The number of hydrogen-bond donors (Lipinski definition) is 0. The minimum atomic E-state index is 1.25. The monoisotopic (exact) mass is 497 g/mol. The first-order valence-corrected chi connectivity index (χ1v) is 13.7. The number of hydrogen-bond acceptors (Lipinski definition) is 1. The highest BCUT2D eigenvalue weighted by atomic mass is 32.1. The minimum Gasteiger partial charge on any atom is -0.308 e. The first kappa shape index (κ1) is 22.3. The van der Waals surface area contributed by atoms with Crippen LogP contribution in [-0.4, -0.2) is 4.57 Å². The van der Waals surface area contributed by atoms with E-state index in [-0.39, 0.29) is 0 Å². The van der Waals surface area contributed by atoms with Crippen LogP contribution in [-0.2, 0) is 7.05 Å². The van der Waals surface area contributed by atoms with Gasteiger partial charge in [0.1, 0.15) is 11.7 Å². The van der Waals surface area contributed by atoms with Crippen molar-refractivity contribution < 1.29 is 4.57 Å². The Morgan fingerprint density at radius 1 is 0.622 bits per heavy atom. The molecule has 0 saturated heterocycles. The molecule has 0 atom stereocenters. The molecule has 0 N–H and O–H groups in total. The molecule has 3 heteroatoms. The Labute approximate surface area is 221 Å². The first-order chi connectivity index (χ1) is 18.0. The molecule has 0 spiro atoms. The van der Waals surface area contributed by atoms with Gasteiger partial charge in [0, 0.05) is 27.6 Å². The van der Waals surface area contributed by atoms with Gasteiger partial charge in [0.05, 0.1) is 27.0 Å². The molecule has 0 aliphatic heterocycles. The summed E-state index contributed by atoms with van der Waals surface area (Å²) in [4.78, 5) is 0. The van der Waals surface area contributed by atoms with Gasteiger partial charge in [-0.25, -0.2) is 0 Å². The summed E-state index contributed by atoms with van der Waals surface area (Å²) in [6.07, 6.45) is 2.22. The summed E-state index contributed by atoms with van der Waals surface area (Å²) in [5, 5.41) is 5.24. The molecule has 0 unspecified atom stereocenters. The van der Waals surface area contributed by atoms with E-state index in [0.29, 0.717) is 0 Å². The van der Waals surface area contributed by atoms with Crippen LogP contribution in [0.4, 0.5) is 0 Å². The van der Waals surface area contributed by atoms with Crippen molar-refractivity contribution >= 4 is 53.3 Å². The maximum absolute atomic E-state index is 2.45. The smallest absolute Gasteiger partial charge is 0.230 e. The Balaban J connectivity index is 1.61. The molecule has 0 radical (unpaired) electrons. The number of nitrogens with zero attached hydrogens (tertiary/aromatic N) is 2. The lowest BCUT2D eigenvalue weighted by molar-refractivity contribution is -0.659. The third-order valence-corrected chi connectivity index (χ3v) is 9.57. The van der Waals surface area contributed by atoms with Crippen LogP contribution >= 0.6 is 11.3 Å². The zero-order chi connectivity index (χ0) is 25.4. The maximum atomic E-state index is 2.45. The van der Waals surface area contributed by atoms with E-state index in [9.17, 15) is 0 Å². The van der Waals surface area contributed by atoms with Crippen molar-refractivity contribution in [2.24, 2.45) is 7.05 Å². The summed E-state index contributed by atoms with van der Waals surface area (Å²) in [5.74, 6) is 0. The van der Waals surface area contributed by atoms with E-state index in [1.165, 1.54) is 81.2 Å². The van der Waals surface area contributed by atoms with E-state index in [4.69, 9.17) is 0 Å². The molecule has 3 heterocycles. The van der Waals surface area contributed by atoms with Crippen molar-refractivity contribution in [2.45, 2.75) is 27.7 Å². The number of rotatable bonds is 2.